The SMILES string of the molecule is O=C(Nc1ccccc1)c1cccc(N2C(=O)[C@@H]3[C@@H]4C=C[C@H]([C@H]5C[C@H]45)[C@H]3C2=O)c1. The zero-order chi connectivity index (χ0) is 19.7. The van der Waals surface area contributed by atoms with E-state index in [2.05, 4.69) is 17.5 Å². The standard InChI is InChI=1S/C24H20N2O3/c27-22(25-14-6-2-1-3-7-14)13-5-4-8-15(11-13)26-23(28)20-16-9-10-17(19-12-18(16)19)21(20)24(26)29/h1-11,16-21H,12H2,(H,25,27)/t16-,17-,18-,19-,20-,21-/m1/s1. The van der Waals surface area contributed by atoms with E-state index in [0.29, 0.717) is 28.8 Å². The molecule has 3 amide bonds. The highest BCUT2D eigenvalue weighted by Gasteiger charge is 2.67. The summed E-state index contributed by atoms with van der Waals surface area (Å²) in [6.07, 6.45) is 5.47. The van der Waals surface area contributed by atoms with Crippen LogP contribution in [0.4, 0.5) is 11.4 Å². The molecule has 1 heterocycles. The van der Waals surface area contributed by atoms with Gasteiger partial charge in [-0.15, -0.1) is 0 Å². The lowest BCUT2D eigenvalue weighted by atomic mass is 9.63. The van der Waals surface area contributed by atoms with Crippen LogP contribution in [0.25, 0.3) is 0 Å². The minimum atomic E-state index is -0.266. The molecule has 7 rings (SSSR count). The van der Waals surface area contributed by atoms with Crippen molar-refractivity contribution >= 4 is 29.1 Å². The molecule has 2 aromatic rings. The molecule has 29 heavy (non-hydrogen) atoms. The second kappa shape index (κ2) is 5.89. The highest BCUT2D eigenvalue weighted by atomic mass is 16.2. The summed E-state index contributed by atoms with van der Waals surface area (Å²) in [6, 6.07) is 16.0. The maximum Gasteiger partial charge on any atom is 0.255 e. The van der Waals surface area contributed by atoms with Gasteiger partial charge >= 0.3 is 0 Å². The van der Waals surface area contributed by atoms with Gasteiger partial charge in [0.15, 0.2) is 0 Å². The fourth-order valence-corrected chi connectivity index (χ4v) is 5.72. The van der Waals surface area contributed by atoms with E-state index < -0.39 is 0 Å². The Kier molecular flexibility index (Phi) is 3.40. The molecular weight excluding hydrogens is 364 g/mol. The number of carbonyl (C=O) groups is 3. The number of benzene rings is 2. The third kappa shape index (κ3) is 2.36. The Morgan fingerprint density at radius 2 is 1.52 bits per heavy atom. The largest absolute Gasteiger partial charge is 0.322 e. The minimum absolute atomic E-state index is 0.106. The molecule has 2 aromatic carbocycles. The van der Waals surface area contributed by atoms with Crippen LogP contribution in [-0.4, -0.2) is 17.7 Å². The predicted molar refractivity (Wildman–Crippen MR) is 108 cm³/mol. The van der Waals surface area contributed by atoms with Crippen molar-refractivity contribution in [1.82, 2.24) is 0 Å². The molecule has 1 N–H and O–H groups in total. The third-order valence-electron chi connectivity index (χ3n) is 7.06. The summed E-state index contributed by atoms with van der Waals surface area (Å²) in [4.78, 5) is 40.5. The summed E-state index contributed by atoms with van der Waals surface area (Å²) in [5.41, 5.74) is 1.61. The van der Waals surface area contributed by atoms with Gasteiger partial charge in [-0.25, -0.2) is 4.90 Å². The Morgan fingerprint density at radius 1 is 0.862 bits per heavy atom. The van der Waals surface area contributed by atoms with E-state index in [0.717, 1.165) is 6.42 Å². The average Bonchev–Trinajstić information content (AvgIpc) is 3.52. The van der Waals surface area contributed by atoms with Crippen molar-refractivity contribution in [1.29, 1.82) is 0 Å². The molecular formula is C24H20N2O3. The van der Waals surface area contributed by atoms with Crippen molar-refractivity contribution in [3.05, 3.63) is 72.3 Å². The van der Waals surface area contributed by atoms with Crippen molar-refractivity contribution in [2.75, 3.05) is 10.2 Å². The van der Waals surface area contributed by atoms with Crippen LogP contribution in [0, 0.1) is 35.5 Å². The molecule has 1 saturated heterocycles. The number of imide groups is 1. The summed E-state index contributed by atoms with van der Waals surface area (Å²) in [5.74, 6) is 0.596. The monoisotopic (exact) mass is 384 g/mol. The van der Waals surface area contributed by atoms with Crippen molar-refractivity contribution < 1.29 is 14.4 Å². The first-order valence-corrected chi connectivity index (χ1v) is 10.2. The van der Waals surface area contributed by atoms with Gasteiger partial charge in [-0.2, -0.15) is 0 Å². The van der Waals surface area contributed by atoms with Gasteiger partial charge in [-0.3, -0.25) is 14.4 Å². The van der Waals surface area contributed by atoms with E-state index in [-0.39, 0.29) is 41.4 Å². The van der Waals surface area contributed by atoms with Crippen molar-refractivity contribution in [2.45, 2.75) is 6.42 Å². The average molecular weight is 384 g/mol. The summed E-state index contributed by atoms with van der Waals surface area (Å²) in [6.45, 7) is 0. The molecule has 0 radical (unpaired) electrons. The molecule has 0 spiro atoms. The molecule has 2 bridgehead atoms. The Balaban J connectivity index is 1.30. The first kappa shape index (κ1) is 16.7. The van der Waals surface area contributed by atoms with Crippen molar-refractivity contribution in [3.8, 4) is 0 Å². The smallest absolute Gasteiger partial charge is 0.255 e. The Labute approximate surface area is 168 Å². The summed E-state index contributed by atoms with van der Waals surface area (Å²) < 4.78 is 0. The molecule has 6 atom stereocenters. The van der Waals surface area contributed by atoms with Crippen LogP contribution in [-0.2, 0) is 9.59 Å². The number of allylic oxidation sites excluding steroid dienone is 2. The van der Waals surface area contributed by atoms with E-state index in [1.165, 1.54) is 4.90 Å². The number of anilines is 2. The number of amides is 3. The molecule has 0 aromatic heterocycles. The van der Waals surface area contributed by atoms with Crippen LogP contribution in [0.1, 0.15) is 16.8 Å². The Hall–Kier alpha value is -3.21. The third-order valence-corrected chi connectivity index (χ3v) is 7.06. The Morgan fingerprint density at radius 3 is 2.17 bits per heavy atom. The lowest BCUT2D eigenvalue weighted by Gasteiger charge is -2.37. The molecule has 144 valence electrons. The molecule has 1 aliphatic heterocycles. The summed E-state index contributed by atoms with van der Waals surface area (Å²) in [7, 11) is 0. The fraction of sp³-hybridized carbons (Fsp3) is 0.292. The predicted octanol–water partition coefficient (Wildman–Crippen LogP) is 3.50. The van der Waals surface area contributed by atoms with Crippen molar-refractivity contribution in [3.63, 3.8) is 0 Å². The fourth-order valence-electron chi connectivity index (χ4n) is 5.72. The normalized spacial score (nSPS) is 33.4. The van der Waals surface area contributed by atoms with Crippen LogP contribution in [0.15, 0.2) is 66.7 Å². The van der Waals surface area contributed by atoms with Crippen LogP contribution < -0.4 is 10.2 Å². The molecule has 5 aliphatic rings. The van der Waals surface area contributed by atoms with Gasteiger partial charge in [-0.05, 0) is 60.4 Å². The number of nitrogens with zero attached hydrogens (tertiary/aromatic N) is 1. The van der Waals surface area contributed by atoms with Gasteiger partial charge in [0.2, 0.25) is 11.8 Å². The van der Waals surface area contributed by atoms with E-state index in [1.54, 1.807) is 24.3 Å². The topological polar surface area (TPSA) is 66.5 Å². The number of hydrogen-bond donors (Lipinski definition) is 1. The lowest BCUT2D eigenvalue weighted by molar-refractivity contribution is -0.124. The van der Waals surface area contributed by atoms with Crippen LogP contribution >= 0.6 is 0 Å². The lowest BCUT2D eigenvalue weighted by Crippen LogP contribution is -2.40. The van der Waals surface area contributed by atoms with Crippen LogP contribution in [0.2, 0.25) is 0 Å². The Bertz CT molecular complexity index is 1040. The van der Waals surface area contributed by atoms with Gasteiger partial charge in [0, 0.05) is 11.3 Å². The second-order valence-electron chi connectivity index (χ2n) is 8.54. The second-order valence-corrected chi connectivity index (χ2v) is 8.54. The maximum absolute atomic E-state index is 13.2. The van der Waals surface area contributed by atoms with E-state index in [1.807, 2.05) is 30.3 Å². The first-order chi connectivity index (χ1) is 14.1. The quantitative estimate of drug-likeness (QED) is 0.651. The highest BCUT2D eigenvalue weighted by molar-refractivity contribution is 6.23. The molecule has 5 heteroatoms. The summed E-state index contributed by atoms with van der Waals surface area (Å²) >= 11 is 0. The number of hydrogen-bond acceptors (Lipinski definition) is 3. The van der Waals surface area contributed by atoms with Gasteiger partial charge in [-0.1, -0.05) is 36.4 Å². The summed E-state index contributed by atoms with van der Waals surface area (Å²) in [5, 5.41) is 2.85. The molecule has 3 fully saturated rings. The van der Waals surface area contributed by atoms with Crippen LogP contribution in [0.5, 0.6) is 0 Å². The van der Waals surface area contributed by atoms with Gasteiger partial charge in [0.05, 0.1) is 17.5 Å². The number of para-hydroxylation sites is 1. The van der Waals surface area contributed by atoms with Crippen molar-refractivity contribution in [2.24, 2.45) is 35.5 Å². The van der Waals surface area contributed by atoms with E-state index >= 15 is 0 Å². The first-order valence-electron chi connectivity index (χ1n) is 10.2. The number of nitrogens with one attached hydrogen (secondary N) is 1. The molecule has 0 unspecified atom stereocenters. The maximum atomic E-state index is 13.2. The van der Waals surface area contributed by atoms with Gasteiger partial charge < -0.3 is 5.32 Å². The van der Waals surface area contributed by atoms with E-state index in [4.69, 9.17) is 0 Å². The molecule has 4 aliphatic carbocycles. The minimum Gasteiger partial charge on any atom is -0.322 e. The van der Waals surface area contributed by atoms with Gasteiger partial charge in [0.25, 0.3) is 5.91 Å². The molecule has 2 saturated carbocycles. The molecule has 5 nitrogen and oxygen atoms in total. The van der Waals surface area contributed by atoms with E-state index in [9.17, 15) is 14.4 Å². The zero-order valence-corrected chi connectivity index (χ0v) is 15.7. The number of rotatable bonds is 3. The highest BCUT2D eigenvalue weighted by Crippen LogP contribution is 2.65. The zero-order valence-electron chi connectivity index (χ0n) is 15.7. The van der Waals surface area contributed by atoms with Gasteiger partial charge in [0.1, 0.15) is 0 Å². The number of carbonyl (C=O) groups excluding carboxylic acids is 3. The van der Waals surface area contributed by atoms with Crippen LogP contribution in [0.3, 0.4) is 0 Å².